The summed E-state index contributed by atoms with van der Waals surface area (Å²) in [6, 6.07) is 12.8. The van der Waals surface area contributed by atoms with Gasteiger partial charge in [0.25, 0.3) is 0 Å². The fourth-order valence-electron chi connectivity index (χ4n) is 4.85. The van der Waals surface area contributed by atoms with Crippen LogP contribution in [-0.4, -0.2) is 52.9 Å². The maximum Gasteiger partial charge on any atom is 0.223 e. The van der Waals surface area contributed by atoms with Gasteiger partial charge in [0.1, 0.15) is 5.65 Å². The van der Waals surface area contributed by atoms with Gasteiger partial charge in [-0.1, -0.05) is 12.1 Å². The van der Waals surface area contributed by atoms with Crippen LogP contribution in [0.15, 0.2) is 36.4 Å². The lowest BCUT2D eigenvalue weighted by molar-refractivity contribution is -0.116. The number of nitrogens with zero attached hydrogens (tertiary/aromatic N) is 4. The minimum atomic E-state index is 0.111. The number of amides is 1. The van der Waals surface area contributed by atoms with Crippen molar-refractivity contribution in [3.05, 3.63) is 53.3 Å². The minimum absolute atomic E-state index is 0.111. The largest absolute Gasteiger partial charge is 0.315 e. The van der Waals surface area contributed by atoms with E-state index < -0.39 is 0 Å². The molecule has 6 heteroatoms. The van der Waals surface area contributed by atoms with Crippen LogP contribution in [0.25, 0.3) is 16.9 Å². The highest BCUT2D eigenvalue weighted by Crippen LogP contribution is 2.34. The lowest BCUT2D eigenvalue weighted by Crippen LogP contribution is -2.28. The Balaban J connectivity index is 1.59. The molecule has 1 fully saturated rings. The molecule has 4 heterocycles. The topological polar surface area (TPSA) is 52.9 Å². The highest BCUT2D eigenvalue weighted by Gasteiger charge is 2.24. The monoisotopic (exact) mass is 403 g/mol. The Labute approximate surface area is 177 Å². The first kappa shape index (κ1) is 19.3. The van der Waals surface area contributed by atoms with Crippen LogP contribution in [-0.2, 0) is 17.8 Å². The van der Waals surface area contributed by atoms with Crippen LogP contribution < -0.4 is 10.2 Å². The first-order valence-corrected chi connectivity index (χ1v) is 10.9. The number of benzene rings is 1. The van der Waals surface area contributed by atoms with Crippen molar-refractivity contribution in [3.8, 4) is 11.3 Å². The predicted molar refractivity (Wildman–Crippen MR) is 120 cm³/mol. The average molecular weight is 404 g/mol. The van der Waals surface area contributed by atoms with Gasteiger partial charge in [-0.3, -0.25) is 14.1 Å². The van der Waals surface area contributed by atoms with E-state index in [9.17, 15) is 4.79 Å². The van der Waals surface area contributed by atoms with Crippen LogP contribution in [0, 0.1) is 6.92 Å². The summed E-state index contributed by atoms with van der Waals surface area (Å²) in [5, 5.41) is 3.50. The lowest BCUT2D eigenvalue weighted by Gasteiger charge is -2.20. The summed E-state index contributed by atoms with van der Waals surface area (Å²) in [6.45, 7) is 9.73. The number of carbonyl (C=O) groups is 1. The van der Waals surface area contributed by atoms with Crippen molar-refractivity contribution in [3.63, 3.8) is 0 Å². The molecule has 30 heavy (non-hydrogen) atoms. The molecule has 2 aliphatic heterocycles. The van der Waals surface area contributed by atoms with E-state index >= 15 is 0 Å². The number of aromatic nitrogens is 2. The van der Waals surface area contributed by atoms with Crippen LogP contribution in [0.1, 0.15) is 30.3 Å². The Hall–Kier alpha value is -2.70. The van der Waals surface area contributed by atoms with Crippen LogP contribution in [0.2, 0.25) is 0 Å². The van der Waals surface area contributed by atoms with Gasteiger partial charge in [-0.2, -0.15) is 0 Å². The molecule has 1 amide bonds. The van der Waals surface area contributed by atoms with Crippen molar-refractivity contribution in [2.45, 2.75) is 33.2 Å². The molecule has 2 aromatic heterocycles. The molecule has 1 N–H and O–H groups in total. The fraction of sp³-hybridized carbons (Fsp3) is 0.417. The van der Waals surface area contributed by atoms with Crippen molar-refractivity contribution in [2.75, 3.05) is 37.6 Å². The number of imidazole rings is 1. The highest BCUT2D eigenvalue weighted by molar-refractivity contribution is 5.94. The molecule has 0 unspecified atom stereocenters. The van der Waals surface area contributed by atoms with Crippen molar-refractivity contribution >= 4 is 17.2 Å². The van der Waals surface area contributed by atoms with Crippen LogP contribution in [0.4, 0.5) is 5.69 Å². The number of hydrogen-bond acceptors (Lipinski definition) is 4. The Morgan fingerprint density at radius 2 is 2.03 bits per heavy atom. The molecule has 0 atom stereocenters. The second-order valence-corrected chi connectivity index (χ2v) is 8.41. The quantitative estimate of drug-likeness (QED) is 0.730. The number of anilines is 1. The van der Waals surface area contributed by atoms with Crippen molar-refractivity contribution in [2.24, 2.45) is 0 Å². The molecule has 6 nitrogen and oxygen atoms in total. The standard InChI is InChI=1S/C24H29N5O/c1-17-5-3-6-23-26-24(22(29(17)23)16-27-12-4-10-25-11-14-27)20-7-8-21-19(15-20)9-13-28(21)18(2)30/h3,5-8,15,25H,4,9-14,16H2,1-2H3. The second-order valence-electron chi connectivity index (χ2n) is 8.41. The zero-order chi connectivity index (χ0) is 20.7. The van der Waals surface area contributed by atoms with E-state index in [1.165, 1.54) is 23.4 Å². The first-order chi connectivity index (χ1) is 14.6. The molecule has 156 valence electrons. The molecular formula is C24H29N5O. The Bertz CT molecular complexity index is 1090. The van der Waals surface area contributed by atoms with Crippen molar-refractivity contribution < 1.29 is 4.79 Å². The minimum Gasteiger partial charge on any atom is -0.315 e. The average Bonchev–Trinajstić information content (AvgIpc) is 3.22. The molecule has 0 spiro atoms. The lowest BCUT2D eigenvalue weighted by atomic mass is 10.0. The Morgan fingerprint density at radius 1 is 1.13 bits per heavy atom. The van der Waals surface area contributed by atoms with E-state index in [0.29, 0.717) is 0 Å². The van der Waals surface area contributed by atoms with Gasteiger partial charge in [-0.05, 0) is 62.7 Å². The van der Waals surface area contributed by atoms with E-state index in [1.54, 1.807) is 6.92 Å². The number of fused-ring (bicyclic) bond motifs is 2. The number of carbonyl (C=O) groups excluding carboxylic acids is 1. The number of nitrogens with one attached hydrogen (secondary N) is 1. The summed E-state index contributed by atoms with van der Waals surface area (Å²) < 4.78 is 2.31. The van der Waals surface area contributed by atoms with Gasteiger partial charge < -0.3 is 10.2 Å². The van der Waals surface area contributed by atoms with Gasteiger partial charge in [-0.25, -0.2) is 4.98 Å². The van der Waals surface area contributed by atoms with Gasteiger partial charge in [-0.15, -0.1) is 0 Å². The molecule has 3 aromatic rings. The molecule has 1 saturated heterocycles. The molecule has 0 radical (unpaired) electrons. The molecular weight excluding hydrogens is 374 g/mol. The summed E-state index contributed by atoms with van der Waals surface area (Å²) >= 11 is 0. The normalized spacial score (nSPS) is 17.3. The van der Waals surface area contributed by atoms with Crippen LogP contribution in [0.5, 0.6) is 0 Å². The molecule has 5 rings (SSSR count). The van der Waals surface area contributed by atoms with Crippen molar-refractivity contribution in [1.29, 1.82) is 0 Å². The van der Waals surface area contributed by atoms with Gasteiger partial charge in [0.05, 0.1) is 11.4 Å². The smallest absolute Gasteiger partial charge is 0.223 e. The fourth-order valence-corrected chi connectivity index (χ4v) is 4.85. The third kappa shape index (κ3) is 3.40. The molecule has 1 aromatic carbocycles. The maximum atomic E-state index is 11.9. The Morgan fingerprint density at radius 3 is 2.90 bits per heavy atom. The second kappa shape index (κ2) is 7.85. The van der Waals surface area contributed by atoms with E-state index in [1.807, 2.05) is 4.90 Å². The Kier molecular flexibility index (Phi) is 5.05. The van der Waals surface area contributed by atoms with Crippen molar-refractivity contribution in [1.82, 2.24) is 19.6 Å². The molecule has 0 saturated carbocycles. The van der Waals surface area contributed by atoms with Crippen LogP contribution >= 0.6 is 0 Å². The molecule has 2 aliphatic rings. The van der Waals surface area contributed by atoms with Crippen LogP contribution in [0.3, 0.4) is 0 Å². The number of rotatable bonds is 3. The SMILES string of the molecule is CC(=O)N1CCc2cc(-c3nc4cccc(C)n4c3CN3CCCNCC3)ccc21. The van der Waals surface area contributed by atoms with E-state index in [2.05, 4.69) is 57.9 Å². The first-order valence-electron chi connectivity index (χ1n) is 10.9. The van der Waals surface area contributed by atoms with Gasteiger partial charge in [0.15, 0.2) is 0 Å². The summed E-state index contributed by atoms with van der Waals surface area (Å²) in [5.41, 5.74) is 7.95. The summed E-state index contributed by atoms with van der Waals surface area (Å²) in [5.74, 6) is 0.111. The summed E-state index contributed by atoms with van der Waals surface area (Å²) in [4.78, 5) is 21.4. The van der Waals surface area contributed by atoms with Gasteiger partial charge in [0, 0.05) is 50.0 Å². The maximum absolute atomic E-state index is 11.9. The van der Waals surface area contributed by atoms with E-state index in [0.717, 1.165) is 68.3 Å². The van der Waals surface area contributed by atoms with Gasteiger partial charge in [0.2, 0.25) is 5.91 Å². The summed E-state index contributed by atoms with van der Waals surface area (Å²) in [7, 11) is 0. The highest BCUT2D eigenvalue weighted by atomic mass is 16.2. The zero-order valence-electron chi connectivity index (χ0n) is 17.8. The number of aryl methyl sites for hydroxylation is 1. The van der Waals surface area contributed by atoms with Gasteiger partial charge >= 0.3 is 0 Å². The third-order valence-electron chi connectivity index (χ3n) is 6.37. The zero-order valence-corrected chi connectivity index (χ0v) is 17.8. The number of hydrogen-bond donors (Lipinski definition) is 1. The van der Waals surface area contributed by atoms with E-state index in [-0.39, 0.29) is 5.91 Å². The summed E-state index contributed by atoms with van der Waals surface area (Å²) in [6.07, 6.45) is 2.08. The third-order valence-corrected chi connectivity index (χ3v) is 6.37. The van der Waals surface area contributed by atoms with E-state index in [4.69, 9.17) is 4.98 Å². The molecule has 0 aliphatic carbocycles. The number of pyridine rings is 1. The molecule has 0 bridgehead atoms. The predicted octanol–water partition coefficient (Wildman–Crippen LogP) is 3.01.